The van der Waals surface area contributed by atoms with Crippen LogP contribution < -0.4 is 16.0 Å². The zero-order valence-corrected chi connectivity index (χ0v) is 22.5. The Balaban J connectivity index is 1.30. The highest BCUT2D eigenvalue weighted by atomic mass is 16.5. The maximum atomic E-state index is 12.6. The lowest BCUT2D eigenvalue weighted by atomic mass is 9.98. The van der Waals surface area contributed by atoms with E-state index in [-0.39, 0.29) is 18.6 Å². The molecule has 0 saturated carbocycles. The Morgan fingerprint density at radius 3 is 2.44 bits per heavy atom. The average Bonchev–Trinajstić information content (AvgIpc) is 3.35. The summed E-state index contributed by atoms with van der Waals surface area (Å²) in [6.45, 7) is 2.29. The summed E-state index contributed by atoms with van der Waals surface area (Å²) in [4.78, 5) is 41.5. The monoisotopic (exact) mass is 541 g/mol. The Hall–Kier alpha value is -3.40. The van der Waals surface area contributed by atoms with Gasteiger partial charge in [0.15, 0.2) is 5.78 Å². The lowest BCUT2D eigenvalue weighted by Crippen LogP contribution is -2.39. The number of aliphatic hydroxyl groups is 1. The number of nitrogens with zero attached hydrogens (tertiary/aromatic N) is 4. The van der Waals surface area contributed by atoms with Crippen LogP contribution in [0.15, 0.2) is 51.2 Å². The smallest absolute Gasteiger partial charge is 0.330 e. The van der Waals surface area contributed by atoms with Crippen LogP contribution in [0.3, 0.4) is 0 Å². The molecule has 1 aliphatic rings. The molecule has 0 spiro atoms. The van der Waals surface area contributed by atoms with Gasteiger partial charge in [0.1, 0.15) is 24.2 Å². The molecule has 39 heavy (non-hydrogen) atoms. The van der Waals surface area contributed by atoms with Crippen LogP contribution in [-0.4, -0.2) is 45.3 Å². The van der Waals surface area contributed by atoms with Gasteiger partial charge in [-0.05, 0) is 37.4 Å². The van der Waals surface area contributed by atoms with Crippen LogP contribution >= 0.6 is 0 Å². The lowest BCUT2D eigenvalue weighted by molar-refractivity contribution is -0.137. The summed E-state index contributed by atoms with van der Waals surface area (Å²) in [5.41, 5.74) is 8.07. The number of azide groups is 1. The first-order valence-electron chi connectivity index (χ1n) is 13.8. The maximum absolute atomic E-state index is 12.6. The van der Waals surface area contributed by atoms with Crippen LogP contribution in [0.25, 0.3) is 10.4 Å². The summed E-state index contributed by atoms with van der Waals surface area (Å²) >= 11 is 0. The molecule has 3 rings (SSSR count). The number of aromatic amines is 1. The predicted molar refractivity (Wildman–Crippen MR) is 147 cm³/mol. The van der Waals surface area contributed by atoms with Crippen LogP contribution in [0.5, 0.6) is 5.75 Å². The molecule has 2 N–H and O–H groups in total. The first-order valence-corrected chi connectivity index (χ1v) is 13.8. The number of carbonyl (C=O) groups excluding carboxylic acids is 1. The number of benzene rings is 1. The number of Topliss-reactive ketones (excluding diaryl/α,β-unsaturated/α-hetero) is 1. The van der Waals surface area contributed by atoms with Crippen molar-refractivity contribution in [2.45, 2.75) is 102 Å². The van der Waals surface area contributed by atoms with E-state index >= 15 is 0 Å². The lowest BCUT2D eigenvalue weighted by Gasteiger charge is -2.21. The Morgan fingerprint density at radius 2 is 1.77 bits per heavy atom. The summed E-state index contributed by atoms with van der Waals surface area (Å²) in [6, 6.07) is 9.03. The molecule has 0 radical (unpaired) electrons. The number of carbonyl (C=O) groups is 1. The minimum atomic E-state index is -1.46. The molecule has 0 aliphatic carbocycles. The third-order valence-corrected chi connectivity index (χ3v) is 7.01. The number of aromatic nitrogens is 2. The summed E-state index contributed by atoms with van der Waals surface area (Å²) in [6.07, 6.45) is 7.68. The van der Waals surface area contributed by atoms with E-state index in [2.05, 4.69) is 15.0 Å². The molecule has 1 aromatic carbocycles. The van der Waals surface area contributed by atoms with Gasteiger partial charge in [-0.2, -0.15) is 0 Å². The number of aliphatic hydroxyl groups excluding tert-OH is 1. The Kier molecular flexibility index (Phi) is 12.3. The second kappa shape index (κ2) is 15.9. The minimum absolute atomic E-state index is 0.102. The van der Waals surface area contributed by atoms with Crippen LogP contribution in [0.2, 0.25) is 0 Å². The molecule has 1 saturated heterocycles. The molecular weight excluding hydrogens is 502 g/mol. The van der Waals surface area contributed by atoms with Gasteiger partial charge in [-0.3, -0.25) is 19.1 Å². The standard InChI is InChI=1S/C28H39N5O6/c1-20-19-33(28(37)30-27(20)36)24-18-22(31-32-29)26(39-24)25(35)23(34)16-12-7-5-3-2-4-6-8-13-17-38-21-14-10-9-11-15-21/h9-11,14-15,19,22,24-26,35H,2-8,12-13,16-18H2,1H3,(H,30,36,37)/t22-,24+,25?,26-/m0/s1. The molecule has 0 bridgehead atoms. The molecule has 1 fully saturated rings. The molecule has 0 amide bonds. The fraction of sp³-hybridized carbons (Fsp3) is 0.607. The second-order valence-electron chi connectivity index (χ2n) is 10.0. The molecule has 1 unspecified atom stereocenters. The van der Waals surface area contributed by atoms with Crippen molar-refractivity contribution in [2.24, 2.45) is 5.11 Å². The molecule has 11 nitrogen and oxygen atoms in total. The van der Waals surface area contributed by atoms with Gasteiger partial charge in [0.2, 0.25) is 0 Å². The van der Waals surface area contributed by atoms with Gasteiger partial charge in [0.05, 0.1) is 12.6 Å². The van der Waals surface area contributed by atoms with Crippen LogP contribution in [-0.2, 0) is 9.53 Å². The number of hydrogen-bond acceptors (Lipinski definition) is 7. The Morgan fingerprint density at radius 1 is 1.13 bits per heavy atom. The Labute approximate surface area is 227 Å². The van der Waals surface area contributed by atoms with E-state index in [0.717, 1.165) is 50.9 Å². The number of aryl methyl sites for hydroxylation is 1. The van der Waals surface area contributed by atoms with Crippen molar-refractivity contribution < 1.29 is 19.4 Å². The number of hydrogen-bond donors (Lipinski definition) is 2. The number of nitrogens with one attached hydrogen (secondary N) is 1. The molecule has 212 valence electrons. The highest BCUT2D eigenvalue weighted by Gasteiger charge is 2.42. The number of ketones is 1. The maximum Gasteiger partial charge on any atom is 0.330 e. The van der Waals surface area contributed by atoms with Crippen molar-refractivity contribution in [3.8, 4) is 5.75 Å². The van der Waals surface area contributed by atoms with E-state index in [0.29, 0.717) is 12.0 Å². The zero-order valence-electron chi connectivity index (χ0n) is 22.5. The van der Waals surface area contributed by atoms with E-state index in [4.69, 9.17) is 15.0 Å². The van der Waals surface area contributed by atoms with Crippen LogP contribution in [0, 0.1) is 6.92 Å². The van der Waals surface area contributed by atoms with E-state index in [9.17, 15) is 19.5 Å². The van der Waals surface area contributed by atoms with Gasteiger partial charge in [-0.1, -0.05) is 68.3 Å². The molecule has 1 aliphatic heterocycles. The third kappa shape index (κ3) is 9.38. The highest BCUT2D eigenvalue weighted by Crippen LogP contribution is 2.32. The van der Waals surface area contributed by atoms with Crippen LogP contribution in [0.1, 0.15) is 82.4 Å². The summed E-state index contributed by atoms with van der Waals surface area (Å²) in [5.74, 6) is 0.540. The SMILES string of the molecule is Cc1cn([C@H]2C[C@H](N=[N+]=[N-])[C@@H](C(O)C(=O)CCCCCCCCCCCOc3ccccc3)O2)c(=O)[nH]c1=O. The normalized spacial score (nSPS) is 19.4. The molecule has 2 heterocycles. The van der Waals surface area contributed by atoms with Gasteiger partial charge >= 0.3 is 5.69 Å². The first kappa shape index (κ1) is 30.1. The van der Waals surface area contributed by atoms with E-state index in [1.165, 1.54) is 23.6 Å². The summed E-state index contributed by atoms with van der Waals surface area (Å²) in [5, 5.41) is 14.3. The number of ether oxygens (including phenoxy) is 2. The molecular formula is C28H39N5O6. The average molecular weight is 542 g/mol. The Bertz CT molecular complexity index is 1210. The van der Waals surface area contributed by atoms with Crippen LogP contribution in [0.4, 0.5) is 0 Å². The van der Waals surface area contributed by atoms with Gasteiger partial charge in [0.25, 0.3) is 5.56 Å². The van der Waals surface area contributed by atoms with Crippen molar-refractivity contribution in [1.29, 1.82) is 0 Å². The molecule has 1 aromatic heterocycles. The van der Waals surface area contributed by atoms with E-state index < -0.39 is 35.7 Å². The van der Waals surface area contributed by atoms with Gasteiger partial charge in [-0.25, -0.2) is 4.79 Å². The fourth-order valence-corrected chi connectivity index (χ4v) is 4.79. The van der Waals surface area contributed by atoms with Crippen molar-refractivity contribution in [2.75, 3.05) is 6.61 Å². The summed E-state index contributed by atoms with van der Waals surface area (Å²) < 4.78 is 12.7. The first-order chi connectivity index (χ1) is 18.9. The number of rotatable bonds is 17. The van der Waals surface area contributed by atoms with Gasteiger partial charge in [-0.15, -0.1) is 0 Å². The van der Waals surface area contributed by atoms with Crippen molar-refractivity contribution in [1.82, 2.24) is 9.55 Å². The molecule has 11 heteroatoms. The fourth-order valence-electron chi connectivity index (χ4n) is 4.79. The predicted octanol–water partition coefficient (Wildman–Crippen LogP) is 4.72. The quantitative estimate of drug-likeness (QED) is 0.128. The van der Waals surface area contributed by atoms with Crippen molar-refractivity contribution in [3.63, 3.8) is 0 Å². The summed E-state index contributed by atoms with van der Waals surface area (Å²) in [7, 11) is 0. The largest absolute Gasteiger partial charge is 0.494 e. The third-order valence-electron chi connectivity index (χ3n) is 7.01. The highest BCUT2D eigenvalue weighted by molar-refractivity contribution is 5.83. The van der Waals surface area contributed by atoms with Crippen molar-refractivity contribution >= 4 is 5.78 Å². The molecule has 2 aromatic rings. The molecule has 4 atom stereocenters. The number of unbranched alkanes of at least 4 members (excludes halogenated alkanes) is 8. The number of para-hydroxylation sites is 1. The van der Waals surface area contributed by atoms with Crippen molar-refractivity contribution in [3.05, 3.63) is 73.4 Å². The number of H-pyrrole nitrogens is 1. The van der Waals surface area contributed by atoms with Gasteiger partial charge < -0.3 is 14.6 Å². The van der Waals surface area contributed by atoms with E-state index in [1.807, 2.05) is 30.3 Å². The van der Waals surface area contributed by atoms with Gasteiger partial charge in [0, 0.05) is 29.5 Å². The topological polar surface area (TPSA) is 159 Å². The minimum Gasteiger partial charge on any atom is -0.494 e. The second-order valence-corrected chi connectivity index (χ2v) is 10.0. The van der Waals surface area contributed by atoms with E-state index in [1.54, 1.807) is 6.92 Å². The zero-order chi connectivity index (χ0) is 28.0.